The molecule has 0 heterocycles. The molecule has 0 aliphatic heterocycles. The summed E-state index contributed by atoms with van der Waals surface area (Å²) in [6.45, 7) is 0. The molecule has 0 aliphatic carbocycles. The largest absolute Gasteiger partial charge is 0 e. The average Bonchev–Trinajstić information content (AvgIpc) is 1.00. The molecule has 4 heteroatoms. The van der Waals surface area contributed by atoms with Crippen LogP contribution >= 0.6 is 0 Å². The molecule has 0 bridgehead atoms. The van der Waals surface area contributed by atoms with E-state index in [1.807, 2.05) is 0 Å². The maximum absolute atomic E-state index is 8.33. The molecule has 0 rings (SSSR count). The Labute approximate surface area is 65.4 Å². The van der Waals surface area contributed by atoms with Gasteiger partial charge in [0.1, 0.15) is 0 Å². The molecule has 0 N–H and O–H groups in total. The van der Waals surface area contributed by atoms with E-state index in [-0.39, 0.29) is 43.0 Å². The summed E-state index contributed by atoms with van der Waals surface area (Å²) in [5.74, 6) is 0. The van der Waals surface area contributed by atoms with Gasteiger partial charge in [0, 0.05) is 43.0 Å². The van der Waals surface area contributed by atoms with Gasteiger partial charge in [-0.3, -0.25) is 0 Å². The fraction of sp³-hybridized carbons (Fsp3) is 0. The molecule has 0 aliphatic rings. The predicted octanol–water partition coefficient (Wildman–Crippen LogP) is -0.505. The molecule has 0 aromatic heterocycles. The summed E-state index contributed by atoms with van der Waals surface area (Å²) < 4.78 is 8.33. The molecule has 0 amide bonds. The molecule has 0 saturated heterocycles. The Morgan fingerprint density at radius 2 is 1.25 bits per heavy atom. The van der Waals surface area contributed by atoms with Crippen molar-refractivity contribution in [3.05, 3.63) is 0 Å². The third-order valence-corrected chi connectivity index (χ3v) is 0. The van der Waals surface area contributed by atoms with E-state index in [9.17, 15) is 0 Å². The van der Waals surface area contributed by atoms with E-state index in [1.165, 1.54) is 0 Å². The van der Waals surface area contributed by atoms with Gasteiger partial charge in [-0.05, 0) is 0 Å². The number of hydrogen-bond donors (Lipinski definition) is 0. The van der Waals surface area contributed by atoms with E-state index in [0.29, 0.717) is 19.8 Å². The molecule has 0 aromatic rings. The smallest absolute Gasteiger partial charge is 0 e. The van der Waals surface area contributed by atoms with Crippen molar-refractivity contribution in [3.63, 3.8) is 0 Å². The molecule has 0 unspecified atom stereocenters. The second-order valence-electron chi connectivity index (χ2n) is 0. The minimum Gasteiger partial charge on any atom is 0 e. The minimum atomic E-state index is 0. The Morgan fingerprint density at radius 1 is 1.25 bits per heavy atom. The van der Waals surface area contributed by atoms with E-state index in [2.05, 4.69) is 0 Å². The molecule has 1 nitrogen and oxygen atoms in total. The Hall–Kier alpha value is 1.89. The van der Waals surface area contributed by atoms with Gasteiger partial charge in [0.25, 0.3) is 0 Å². The van der Waals surface area contributed by atoms with Gasteiger partial charge in [0.05, 0.1) is 0 Å². The fourth-order valence-corrected chi connectivity index (χ4v) is 0. The molecule has 0 atom stereocenters. The monoisotopic (exact) mass is 372 g/mol. The van der Waals surface area contributed by atoms with E-state index >= 15 is 0 Å². The molecular weight excluding hydrogens is 373 g/mol. The van der Waals surface area contributed by atoms with Crippen LogP contribution in [-0.4, -0.2) is 24.4 Å². The zero-order chi connectivity index (χ0) is 2.00. The van der Waals surface area contributed by atoms with Crippen molar-refractivity contribution in [1.82, 2.24) is 0 Å². The molecular formula is OSbVW. The maximum atomic E-state index is 8.33. The van der Waals surface area contributed by atoms with Gasteiger partial charge in [-0.2, -0.15) is 0 Å². The van der Waals surface area contributed by atoms with E-state index in [1.54, 1.807) is 0 Å². The van der Waals surface area contributed by atoms with Crippen molar-refractivity contribution in [1.29, 1.82) is 0 Å². The van der Waals surface area contributed by atoms with E-state index in [0.717, 1.165) is 0 Å². The summed E-state index contributed by atoms with van der Waals surface area (Å²) in [4.78, 5) is 0. The molecule has 22 valence electrons. The fourth-order valence-electron chi connectivity index (χ4n) is 0. The second-order valence-corrected chi connectivity index (χ2v) is 0. The van der Waals surface area contributed by atoms with Crippen LogP contribution in [0.25, 0.3) is 0 Å². The van der Waals surface area contributed by atoms with Crippen LogP contribution in [-0.2, 0) is 41.7 Å². The van der Waals surface area contributed by atoms with Gasteiger partial charge in [0.15, 0.2) is 0 Å². The first-order valence-electron chi connectivity index (χ1n) is 0.167. The third kappa shape index (κ3) is 9.09. The third-order valence-electron chi connectivity index (χ3n) is 0. The van der Waals surface area contributed by atoms with Crippen LogP contribution in [0.15, 0.2) is 0 Å². The predicted molar refractivity (Wildman–Crippen MR) is 6.44 cm³/mol. The zero-order valence-corrected chi connectivity index (χ0v) is 8.59. The van der Waals surface area contributed by atoms with Crippen molar-refractivity contribution in [2.45, 2.75) is 0 Å². The van der Waals surface area contributed by atoms with Crippen LogP contribution < -0.4 is 0 Å². The van der Waals surface area contributed by atoms with E-state index in [4.69, 9.17) is 3.40 Å². The average molecular weight is 373 g/mol. The van der Waals surface area contributed by atoms with Crippen molar-refractivity contribution < 1.29 is 41.7 Å². The van der Waals surface area contributed by atoms with Gasteiger partial charge in [-0.1, -0.05) is 0 Å². The van der Waals surface area contributed by atoms with Crippen LogP contribution in [0.2, 0.25) is 0 Å². The second kappa shape index (κ2) is 20.7. The quantitative estimate of drug-likeness (QED) is 0.524. The molecule has 4 heavy (non-hydrogen) atoms. The number of rotatable bonds is 0. The maximum Gasteiger partial charge on any atom is 0 e. The Morgan fingerprint density at radius 3 is 1.25 bits per heavy atom. The van der Waals surface area contributed by atoms with Gasteiger partial charge < -0.3 is 0 Å². The number of hydrogen-bond acceptors (Lipinski definition) is 1. The SMILES string of the molecule is [O]=[W].[Sb].[V]. The van der Waals surface area contributed by atoms with Gasteiger partial charge in [-0.25, -0.2) is 0 Å². The molecule has 0 spiro atoms. The first-order chi connectivity index (χ1) is 1.00. The molecule has 0 saturated carbocycles. The zero-order valence-electron chi connectivity index (χ0n) is 1.71. The van der Waals surface area contributed by atoms with Crippen LogP contribution in [0.5, 0.6) is 0 Å². The first kappa shape index (κ1) is 16.9. The van der Waals surface area contributed by atoms with Crippen LogP contribution in [0.1, 0.15) is 0 Å². The summed E-state index contributed by atoms with van der Waals surface area (Å²) in [5.41, 5.74) is 0. The Balaban J connectivity index is -0.00000000500. The van der Waals surface area contributed by atoms with Crippen molar-refractivity contribution in [2.24, 2.45) is 0 Å². The van der Waals surface area contributed by atoms with Crippen molar-refractivity contribution in [2.75, 3.05) is 0 Å². The van der Waals surface area contributed by atoms with Crippen LogP contribution in [0.3, 0.4) is 0 Å². The topological polar surface area (TPSA) is 17.1 Å². The minimum absolute atomic E-state index is 0. The normalized spacial score (nSPS) is 1.00. The standard InChI is InChI=1S/O.Sb.V.W. The summed E-state index contributed by atoms with van der Waals surface area (Å²) in [6.07, 6.45) is 0. The summed E-state index contributed by atoms with van der Waals surface area (Å²) in [7, 11) is 0. The van der Waals surface area contributed by atoms with Crippen molar-refractivity contribution >= 4 is 24.4 Å². The Bertz CT molecular complexity index is 8.00. The molecule has 0 aromatic carbocycles. The van der Waals surface area contributed by atoms with E-state index < -0.39 is 0 Å². The molecule has 0 fully saturated rings. The summed E-state index contributed by atoms with van der Waals surface area (Å²) >= 11 is 0.333. The van der Waals surface area contributed by atoms with Crippen molar-refractivity contribution in [3.8, 4) is 0 Å². The van der Waals surface area contributed by atoms with Gasteiger partial charge >= 0.3 is 23.2 Å². The van der Waals surface area contributed by atoms with Crippen LogP contribution in [0.4, 0.5) is 0 Å². The first-order valence-corrected chi connectivity index (χ1v) is 1.36. The van der Waals surface area contributed by atoms with Gasteiger partial charge in [0.2, 0.25) is 0 Å². The summed E-state index contributed by atoms with van der Waals surface area (Å²) in [6, 6.07) is 0. The molecule has 4 radical (unpaired) electrons. The van der Waals surface area contributed by atoms with Gasteiger partial charge in [-0.15, -0.1) is 0 Å². The van der Waals surface area contributed by atoms with Crippen LogP contribution in [0, 0.1) is 0 Å². The Kier molecular flexibility index (Phi) is 87.3. The summed E-state index contributed by atoms with van der Waals surface area (Å²) in [5, 5.41) is 0.